The summed E-state index contributed by atoms with van der Waals surface area (Å²) in [5.74, 6) is 0.714. The molecule has 3 nitrogen and oxygen atoms in total. The quantitative estimate of drug-likeness (QED) is 0.943. The molecule has 3 rings (SSSR count). The largest absolute Gasteiger partial charge is 0.486 e. The Morgan fingerprint density at radius 3 is 2.81 bits per heavy atom. The van der Waals surface area contributed by atoms with E-state index in [9.17, 15) is 9.50 Å². The van der Waals surface area contributed by atoms with Crippen molar-refractivity contribution in [3.8, 4) is 11.5 Å². The lowest BCUT2D eigenvalue weighted by Gasteiger charge is -2.21. The summed E-state index contributed by atoms with van der Waals surface area (Å²) >= 11 is 6.14. The minimum atomic E-state index is -0.792. The molecule has 0 saturated heterocycles. The van der Waals surface area contributed by atoms with E-state index in [-0.39, 0.29) is 5.82 Å². The second-order valence-electron chi connectivity index (χ2n) is 4.88. The predicted octanol–water partition coefficient (Wildman–Crippen LogP) is 3.53. The van der Waals surface area contributed by atoms with Crippen molar-refractivity contribution < 1.29 is 19.0 Å². The van der Waals surface area contributed by atoms with Crippen molar-refractivity contribution in [2.24, 2.45) is 0 Å². The summed E-state index contributed by atoms with van der Waals surface area (Å²) in [5.41, 5.74) is 1.34. The van der Waals surface area contributed by atoms with Gasteiger partial charge in [-0.3, -0.25) is 0 Å². The van der Waals surface area contributed by atoms with Crippen LogP contribution < -0.4 is 9.47 Å². The van der Waals surface area contributed by atoms with Crippen LogP contribution in [0.25, 0.3) is 0 Å². The summed E-state index contributed by atoms with van der Waals surface area (Å²) < 4.78 is 24.1. The molecule has 110 valence electrons. The molecule has 0 aromatic heterocycles. The first-order valence-corrected chi connectivity index (χ1v) is 7.03. The van der Waals surface area contributed by atoms with E-state index in [2.05, 4.69) is 0 Å². The summed E-state index contributed by atoms with van der Waals surface area (Å²) in [4.78, 5) is 0. The Morgan fingerprint density at radius 1 is 1.19 bits per heavy atom. The minimum absolute atomic E-state index is 0.299. The first-order valence-electron chi connectivity index (χ1n) is 6.65. The van der Waals surface area contributed by atoms with Crippen molar-refractivity contribution in [3.63, 3.8) is 0 Å². The molecule has 0 fully saturated rings. The van der Waals surface area contributed by atoms with E-state index < -0.39 is 6.10 Å². The van der Waals surface area contributed by atoms with Crippen molar-refractivity contribution in [2.75, 3.05) is 13.2 Å². The molecule has 21 heavy (non-hydrogen) atoms. The topological polar surface area (TPSA) is 38.7 Å². The van der Waals surface area contributed by atoms with Crippen molar-refractivity contribution in [1.29, 1.82) is 0 Å². The molecule has 5 heteroatoms. The first kappa shape index (κ1) is 14.2. The maximum absolute atomic E-state index is 13.2. The van der Waals surface area contributed by atoms with Gasteiger partial charge in [0.05, 0.1) is 11.1 Å². The van der Waals surface area contributed by atoms with Gasteiger partial charge in [-0.1, -0.05) is 23.7 Å². The Kier molecular flexibility index (Phi) is 3.99. The van der Waals surface area contributed by atoms with Crippen LogP contribution in [0.2, 0.25) is 5.02 Å². The molecule has 0 radical (unpaired) electrons. The predicted molar refractivity (Wildman–Crippen MR) is 77.5 cm³/mol. The van der Waals surface area contributed by atoms with E-state index in [0.29, 0.717) is 47.3 Å². The smallest absolute Gasteiger partial charge is 0.179 e. The average Bonchev–Trinajstić information content (AvgIpc) is 2.47. The van der Waals surface area contributed by atoms with Gasteiger partial charge in [0.25, 0.3) is 0 Å². The number of ether oxygens (including phenoxy) is 2. The van der Waals surface area contributed by atoms with Crippen LogP contribution >= 0.6 is 11.6 Å². The molecule has 1 aliphatic rings. The van der Waals surface area contributed by atoms with E-state index in [1.165, 1.54) is 12.1 Å². The van der Waals surface area contributed by atoms with Gasteiger partial charge in [0.2, 0.25) is 0 Å². The second-order valence-corrected chi connectivity index (χ2v) is 5.28. The maximum atomic E-state index is 13.2. The van der Waals surface area contributed by atoms with Gasteiger partial charge < -0.3 is 14.6 Å². The third kappa shape index (κ3) is 3.12. The molecule has 1 heterocycles. The number of rotatable bonds is 3. The summed E-state index contributed by atoms with van der Waals surface area (Å²) in [6, 6.07) is 9.53. The highest BCUT2D eigenvalue weighted by Gasteiger charge is 2.19. The van der Waals surface area contributed by atoms with Crippen molar-refractivity contribution in [2.45, 2.75) is 12.5 Å². The van der Waals surface area contributed by atoms with E-state index in [1.807, 2.05) is 0 Å². The SMILES string of the molecule is OC(Cc1cccc(F)c1)c1cc(Cl)c2c(c1)OCCO2. The zero-order chi connectivity index (χ0) is 14.8. The highest BCUT2D eigenvalue weighted by molar-refractivity contribution is 6.32. The normalized spacial score (nSPS) is 14.8. The molecule has 2 aromatic rings. The molecule has 1 unspecified atom stereocenters. The van der Waals surface area contributed by atoms with Gasteiger partial charge in [0, 0.05) is 6.42 Å². The minimum Gasteiger partial charge on any atom is -0.486 e. The fourth-order valence-electron chi connectivity index (χ4n) is 2.33. The van der Waals surface area contributed by atoms with Gasteiger partial charge in [-0.2, -0.15) is 0 Å². The zero-order valence-electron chi connectivity index (χ0n) is 11.2. The molecule has 0 amide bonds. The van der Waals surface area contributed by atoms with Gasteiger partial charge in [0.15, 0.2) is 11.5 Å². The van der Waals surface area contributed by atoms with Crippen LogP contribution in [0, 0.1) is 5.82 Å². The summed E-state index contributed by atoms with van der Waals surface area (Å²) in [6.45, 7) is 0.907. The maximum Gasteiger partial charge on any atom is 0.179 e. The third-order valence-corrected chi connectivity index (χ3v) is 3.60. The Bertz CT molecular complexity index is 660. The van der Waals surface area contributed by atoms with E-state index in [0.717, 1.165) is 0 Å². The van der Waals surface area contributed by atoms with Crippen molar-refractivity contribution in [3.05, 3.63) is 58.4 Å². The van der Waals surface area contributed by atoms with Crippen molar-refractivity contribution >= 4 is 11.6 Å². The molecular formula is C16H14ClFO3. The van der Waals surface area contributed by atoms with Crippen molar-refractivity contribution in [1.82, 2.24) is 0 Å². The van der Waals surface area contributed by atoms with Gasteiger partial charge in [0.1, 0.15) is 19.0 Å². The van der Waals surface area contributed by atoms with Crippen LogP contribution in [0.15, 0.2) is 36.4 Å². The molecular weight excluding hydrogens is 295 g/mol. The van der Waals surface area contributed by atoms with Gasteiger partial charge in [-0.25, -0.2) is 4.39 Å². The van der Waals surface area contributed by atoms with Crippen LogP contribution in [0.4, 0.5) is 4.39 Å². The lowest BCUT2D eigenvalue weighted by molar-refractivity contribution is 0.164. The fraction of sp³-hybridized carbons (Fsp3) is 0.250. The number of benzene rings is 2. The summed E-state index contributed by atoms with van der Waals surface area (Å²) in [7, 11) is 0. The Hall–Kier alpha value is -1.78. The van der Waals surface area contributed by atoms with E-state index in [1.54, 1.807) is 24.3 Å². The highest BCUT2D eigenvalue weighted by atomic mass is 35.5. The van der Waals surface area contributed by atoms with E-state index >= 15 is 0 Å². The summed E-state index contributed by atoms with van der Waals surface area (Å²) in [6.07, 6.45) is -0.492. The van der Waals surface area contributed by atoms with Gasteiger partial charge in [-0.15, -0.1) is 0 Å². The highest BCUT2D eigenvalue weighted by Crippen LogP contribution is 2.40. The molecule has 1 atom stereocenters. The lowest BCUT2D eigenvalue weighted by atomic mass is 10.0. The van der Waals surface area contributed by atoms with E-state index in [4.69, 9.17) is 21.1 Å². The standard InChI is InChI=1S/C16H14ClFO3/c17-13-8-11(9-15-16(13)21-5-4-20-15)14(19)7-10-2-1-3-12(18)6-10/h1-3,6,8-9,14,19H,4-5,7H2. The third-order valence-electron chi connectivity index (χ3n) is 3.32. The molecule has 0 aliphatic carbocycles. The Labute approximate surface area is 126 Å². The molecule has 1 aliphatic heterocycles. The van der Waals surface area contributed by atoms with Crippen LogP contribution in [-0.2, 0) is 6.42 Å². The number of aliphatic hydroxyl groups excluding tert-OH is 1. The number of hydrogen-bond donors (Lipinski definition) is 1. The second kappa shape index (κ2) is 5.92. The van der Waals surface area contributed by atoms with Crippen LogP contribution in [0.1, 0.15) is 17.2 Å². The zero-order valence-corrected chi connectivity index (χ0v) is 11.9. The fourth-order valence-corrected chi connectivity index (χ4v) is 2.60. The Balaban J connectivity index is 1.84. The van der Waals surface area contributed by atoms with Gasteiger partial charge >= 0.3 is 0 Å². The molecule has 0 bridgehead atoms. The monoisotopic (exact) mass is 308 g/mol. The Morgan fingerprint density at radius 2 is 2.00 bits per heavy atom. The number of fused-ring (bicyclic) bond motifs is 1. The first-order chi connectivity index (χ1) is 10.1. The van der Waals surface area contributed by atoms with Gasteiger partial charge in [-0.05, 0) is 35.4 Å². The molecule has 0 saturated carbocycles. The van der Waals surface area contributed by atoms with Crippen LogP contribution in [-0.4, -0.2) is 18.3 Å². The van der Waals surface area contributed by atoms with Crippen LogP contribution in [0.3, 0.4) is 0 Å². The molecule has 2 aromatic carbocycles. The molecule has 0 spiro atoms. The average molecular weight is 309 g/mol. The summed E-state index contributed by atoms with van der Waals surface area (Å²) in [5, 5.41) is 10.7. The lowest BCUT2D eigenvalue weighted by Crippen LogP contribution is -2.16. The number of hydrogen-bond acceptors (Lipinski definition) is 3. The van der Waals surface area contributed by atoms with Crippen LogP contribution in [0.5, 0.6) is 11.5 Å². The number of halogens is 2. The number of aliphatic hydroxyl groups is 1. The molecule has 1 N–H and O–H groups in total.